The Bertz CT molecular complexity index is 785. The number of nitrogens with two attached hydrogens (primary N) is 2. The summed E-state index contributed by atoms with van der Waals surface area (Å²) in [4.78, 5) is 82.6. The highest BCUT2D eigenvalue weighted by molar-refractivity contribution is 6.35. The molecule has 0 aliphatic carbocycles. The van der Waals surface area contributed by atoms with Crippen molar-refractivity contribution in [2.75, 3.05) is 0 Å². The van der Waals surface area contributed by atoms with Crippen LogP contribution in [0, 0.1) is 5.92 Å². The van der Waals surface area contributed by atoms with E-state index >= 15 is 0 Å². The highest BCUT2D eigenvalue weighted by Crippen LogP contribution is 2.09. The summed E-state index contributed by atoms with van der Waals surface area (Å²) < 4.78 is 0. The zero-order valence-corrected chi connectivity index (χ0v) is 19.5. The van der Waals surface area contributed by atoms with Crippen LogP contribution in [-0.2, 0) is 33.6 Å². The molecule has 1 unspecified atom stereocenters. The van der Waals surface area contributed by atoms with Crippen LogP contribution in [0.4, 0.5) is 0 Å². The van der Waals surface area contributed by atoms with Gasteiger partial charge in [0.1, 0.15) is 24.2 Å². The summed E-state index contributed by atoms with van der Waals surface area (Å²) in [5.74, 6) is -5.73. The molecule has 0 saturated carbocycles. The maximum Gasteiger partial charge on any atom is 0.284 e. The van der Waals surface area contributed by atoms with E-state index in [-0.39, 0.29) is 18.8 Å². The first kappa shape index (κ1) is 29.5. The highest BCUT2D eigenvalue weighted by atomic mass is 16.2. The molecular formula is C20H34N6O7. The number of carbonyl (C=O) groups excluding carboxylic acids is 7. The topological polar surface area (TPSA) is 220 Å². The van der Waals surface area contributed by atoms with Gasteiger partial charge >= 0.3 is 0 Å². The molecule has 0 aliphatic heterocycles. The molecule has 13 heteroatoms. The van der Waals surface area contributed by atoms with Crippen LogP contribution in [0.15, 0.2) is 0 Å². The third-order valence-electron chi connectivity index (χ3n) is 4.96. The van der Waals surface area contributed by atoms with E-state index in [2.05, 4.69) is 21.3 Å². The molecule has 0 aliphatic rings. The molecule has 8 N–H and O–H groups in total. The molecular weight excluding hydrogens is 436 g/mol. The SMILES string of the molecule is CCC(C)[C@H](NC(=O)[C@H](C)NC(=O)[C@H](CCC(=O)C(N)=O)NC(C)=O)C(=O)N[C@@H](C)C(N)=O. The van der Waals surface area contributed by atoms with E-state index in [4.69, 9.17) is 11.5 Å². The van der Waals surface area contributed by atoms with E-state index in [1.165, 1.54) is 13.8 Å². The van der Waals surface area contributed by atoms with Crippen LogP contribution in [0.1, 0.15) is 53.9 Å². The number of ketones is 1. The number of amides is 6. The molecule has 0 heterocycles. The van der Waals surface area contributed by atoms with Crippen LogP contribution < -0.4 is 32.7 Å². The molecule has 33 heavy (non-hydrogen) atoms. The Balaban J connectivity index is 5.25. The second-order valence-electron chi connectivity index (χ2n) is 7.81. The van der Waals surface area contributed by atoms with Gasteiger partial charge in [-0.1, -0.05) is 20.3 Å². The third-order valence-corrected chi connectivity index (χ3v) is 4.96. The molecule has 186 valence electrons. The maximum absolute atomic E-state index is 12.6. The Kier molecular flexibility index (Phi) is 12.3. The van der Waals surface area contributed by atoms with Crippen LogP contribution in [-0.4, -0.2) is 65.4 Å². The van der Waals surface area contributed by atoms with Crippen molar-refractivity contribution in [2.24, 2.45) is 17.4 Å². The summed E-state index contributed by atoms with van der Waals surface area (Å²) in [5.41, 5.74) is 10.0. The summed E-state index contributed by atoms with van der Waals surface area (Å²) in [6.07, 6.45) is -0.0461. The van der Waals surface area contributed by atoms with Crippen molar-refractivity contribution in [1.82, 2.24) is 21.3 Å². The molecule has 13 nitrogen and oxygen atoms in total. The molecule has 0 fully saturated rings. The Morgan fingerprint density at radius 2 is 1.30 bits per heavy atom. The Morgan fingerprint density at radius 1 is 0.758 bits per heavy atom. The molecule has 6 amide bonds. The fraction of sp³-hybridized carbons (Fsp3) is 0.650. The van der Waals surface area contributed by atoms with Crippen molar-refractivity contribution < 1.29 is 33.6 Å². The summed E-state index contributed by atoms with van der Waals surface area (Å²) in [5, 5.41) is 9.71. The highest BCUT2D eigenvalue weighted by Gasteiger charge is 2.31. The minimum atomic E-state index is -1.19. The Labute approximate surface area is 192 Å². The molecule has 0 radical (unpaired) electrons. The average Bonchev–Trinajstić information content (AvgIpc) is 2.72. The first-order valence-corrected chi connectivity index (χ1v) is 10.5. The normalized spacial score (nSPS) is 15.1. The summed E-state index contributed by atoms with van der Waals surface area (Å²) in [7, 11) is 0. The fourth-order valence-electron chi connectivity index (χ4n) is 2.65. The van der Waals surface area contributed by atoms with Crippen LogP contribution in [0.5, 0.6) is 0 Å². The predicted octanol–water partition coefficient (Wildman–Crippen LogP) is -2.65. The number of carbonyl (C=O) groups is 7. The lowest BCUT2D eigenvalue weighted by Gasteiger charge is -2.27. The number of hydrogen-bond acceptors (Lipinski definition) is 7. The van der Waals surface area contributed by atoms with Crippen molar-refractivity contribution >= 4 is 41.2 Å². The number of rotatable bonds is 14. The zero-order chi connectivity index (χ0) is 25.9. The van der Waals surface area contributed by atoms with E-state index in [1.807, 2.05) is 6.92 Å². The molecule has 0 aromatic heterocycles. The lowest BCUT2D eigenvalue weighted by Crippen LogP contribution is -2.58. The fourth-order valence-corrected chi connectivity index (χ4v) is 2.65. The Hall–Kier alpha value is -3.51. The van der Waals surface area contributed by atoms with Gasteiger partial charge in [-0.25, -0.2) is 0 Å². The van der Waals surface area contributed by atoms with Crippen molar-refractivity contribution in [3.05, 3.63) is 0 Å². The molecule has 0 aromatic rings. The van der Waals surface area contributed by atoms with E-state index in [1.54, 1.807) is 6.92 Å². The number of primary amides is 2. The standard InChI is InChI=1S/C20H34N6O7/c1-6-9(2)15(20(33)23-10(3)16(21)29)26-18(31)11(4)24-19(32)13(25-12(5)27)7-8-14(28)17(22)30/h9-11,13,15H,6-8H2,1-5H3,(H2,21,29)(H2,22,30)(H,23,33)(H,24,32)(H,25,27)(H,26,31)/t9?,10-,11-,13-,15-/m0/s1. The second kappa shape index (κ2) is 13.8. The maximum atomic E-state index is 12.6. The van der Waals surface area contributed by atoms with Crippen LogP contribution >= 0.6 is 0 Å². The largest absolute Gasteiger partial charge is 0.368 e. The van der Waals surface area contributed by atoms with Gasteiger partial charge in [0.05, 0.1) is 0 Å². The lowest BCUT2D eigenvalue weighted by molar-refractivity contribution is -0.136. The van der Waals surface area contributed by atoms with Gasteiger partial charge in [-0.3, -0.25) is 33.6 Å². The quantitative estimate of drug-likeness (QED) is 0.148. The average molecular weight is 471 g/mol. The van der Waals surface area contributed by atoms with Crippen LogP contribution in [0.2, 0.25) is 0 Å². The summed E-state index contributed by atoms with van der Waals surface area (Å²) >= 11 is 0. The van der Waals surface area contributed by atoms with Crippen molar-refractivity contribution in [3.8, 4) is 0 Å². The van der Waals surface area contributed by atoms with Gasteiger partial charge in [-0.2, -0.15) is 0 Å². The summed E-state index contributed by atoms with van der Waals surface area (Å²) in [6.45, 7) is 7.47. The van der Waals surface area contributed by atoms with Gasteiger partial charge in [-0.15, -0.1) is 0 Å². The van der Waals surface area contributed by atoms with Crippen molar-refractivity contribution in [2.45, 2.75) is 78.0 Å². The molecule has 0 saturated heterocycles. The van der Waals surface area contributed by atoms with Crippen molar-refractivity contribution in [3.63, 3.8) is 0 Å². The number of nitrogens with one attached hydrogen (secondary N) is 4. The minimum absolute atomic E-state index is 0.204. The molecule has 0 bridgehead atoms. The first-order valence-electron chi connectivity index (χ1n) is 10.5. The Morgan fingerprint density at radius 3 is 1.76 bits per heavy atom. The minimum Gasteiger partial charge on any atom is -0.368 e. The van der Waals surface area contributed by atoms with E-state index in [0.29, 0.717) is 6.42 Å². The number of hydrogen-bond donors (Lipinski definition) is 6. The third kappa shape index (κ3) is 10.6. The van der Waals surface area contributed by atoms with Gasteiger partial charge in [0.2, 0.25) is 35.3 Å². The van der Waals surface area contributed by atoms with Gasteiger partial charge in [0.25, 0.3) is 5.91 Å². The monoisotopic (exact) mass is 470 g/mol. The second-order valence-corrected chi connectivity index (χ2v) is 7.81. The smallest absolute Gasteiger partial charge is 0.284 e. The van der Waals surface area contributed by atoms with E-state index in [0.717, 1.165) is 6.92 Å². The number of Topliss-reactive ketones (excluding diaryl/α,β-unsaturated/α-hetero) is 1. The van der Waals surface area contributed by atoms with Gasteiger partial charge in [-0.05, 0) is 26.2 Å². The van der Waals surface area contributed by atoms with Crippen LogP contribution in [0.25, 0.3) is 0 Å². The van der Waals surface area contributed by atoms with Crippen molar-refractivity contribution in [1.29, 1.82) is 0 Å². The first-order chi connectivity index (χ1) is 15.2. The molecule has 0 spiro atoms. The van der Waals surface area contributed by atoms with Gasteiger partial charge in [0.15, 0.2) is 0 Å². The van der Waals surface area contributed by atoms with Crippen LogP contribution in [0.3, 0.4) is 0 Å². The van der Waals surface area contributed by atoms with Gasteiger partial charge < -0.3 is 32.7 Å². The molecule has 0 rings (SSSR count). The summed E-state index contributed by atoms with van der Waals surface area (Å²) in [6, 6.07) is -4.25. The van der Waals surface area contributed by atoms with E-state index < -0.39 is 65.4 Å². The van der Waals surface area contributed by atoms with Gasteiger partial charge in [0, 0.05) is 13.3 Å². The lowest BCUT2D eigenvalue weighted by atomic mass is 9.97. The molecule has 5 atom stereocenters. The predicted molar refractivity (Wildman–Crippen MR) is 117 cm³/mol. The zero-order valence-electron chi connectivity index (χ0n) is 19.5. The van der Waals surface area contributed by atoms with E-state index in [9.17, 15) is 33.6 Å². The molecule has 0 aromatic carbocycles.